The van der Waals surface area contributed by atoms with Gasteiger partial charge in [-0.05, 0) is 48.6 Å². The summed E-state index contributed by atoms with van der Waals surface area (Å²) in [6, 6.07) is 25.4. The summed E-state index contributed by atoms with van der Waals surface area (Å²) in [5.74, 6) is 0.826. The van der Waals surface area contributed by atoms with Gasteiger partial charge in [0.2, 0.25) is 0 Å². The molecule has 6 heteroatoms. The van der Waals surface area contributed by atoms with Crippen LogP contribution in [0.25, 0.3) is 11.1 Å². The number of amides is 1. The fourth-order valence-electron chi connectivity index (χ4n) is 4.30. The number of nitrogens with one attached hydrogen (secondary N) is 1. The van der Waals surface area contributed by atoms with E-state index in [1.54, 1.807) is 0 Å². The second-order valence-electron chi connectivity index (χ2n) is 8.70. The molecular formula is C29H32N2O4. The van der Waals surface area contributed by atoms with Crippen LogP contribution in [0.2, 0.25) is 0 Å². The molecule has 1 fully saturated rings. The Morgan fingerprint density at radius 2 is 1.66 bits per heavy atom. The molecule has 35 heavy (non-hydrogen) atoms. The second kappa shape index (κ2) is 12.7. The molecule has 1 aliphatic rings. The third-order valence-corrected chi connectivity index (χ3v) is 6.19. The van der Waals surface area contributed by atoms with E-state index < -0.39 is 6.09 Å². The number of nitrogens with zero attached hydrogens (tertiary/aromatic N) is 1. The lowest BCUT2D eigenvalue weighted by molar-refractivity contribution is -0.107. The largest absolute Gasteiger partial charge is 0.494 e. The van der Waals surface area contributed by atoms with Gasteiger partial charge in [0, 0.05) is 31.6 Å². The Morgan fingerprint density at radius 3 is 2.40 bits per heavy atom. The Balaban J connectivity index is 1.15. The maximum Gasteiger partial charge on any atom is 0.411 e. The van der Waals surface area contributed by atoms with Crippen molar-refractivity contribution in [3.8, 4) is 16.9 Å². The van der Waals surface area contributed by atoms with E-state index in [1.165, 1.54) is 0 Å². The first-order chi connectivity index (χ1) is 17.2. The summed E-state index contributed by atoms with van der Waals surface area (Å²) in [5.41, 5.74) is 3.76. The Kier molecular flexibility index (Phi) is 8.90. The average Bonchev–Trinajstić information content (AvgIpc) is 2.89. The van der Waals surface area contributed by atoms with Crippen LogP contribution in [0.3, 0.4) is 0 Å². The Hall–Kier alpha value is -3.64. The molecule has 1 aliphatic heterocycles. The molecule has 1 saturated heterocycles. The molecule has 0 radical (unpaired) electrons. The van der Waals surface area contributed by atoms with Crippen molar-refractivity contribution in [2.75, 3.05) is 31.6 Å². The summed E-state index contributed by atoms with van der Waals surface area (Å²) >= 11 is 0. The number of piperidine rings is 1. The molecule has 1 heterocycles. The molecule has 0 atom stereocenters. The predicted molar refractivity (Wildman–Crippen MR) is 138 cm³/mol. The molecule has 4 rings (SSSR count). The Labute approximate surface area is 206 Å². The number of benzene rings is 3. The van der Waals surface area contributed by atoms with Crippen LogP contribution in [0.5, 0.6) is 5.75 Å². The van der Waals surface area contributed by atoms with Gasteiger partial charge >= 0.3 is 6.09 Å². The molecule has 182 valence electrons. The first kappa shape index (κ1) is 24.5. The van der Waals surface area contributed by atoms with Crippen molar-refractivity contribution in [2.45, 2.75) is 31.8 Å². The van der Waals surface area contributed by atoms with Gasteiger partial charge in [0.15, 0.2) is 0 Å². The summed E-state index contributed by atoms with van der Waals surface area (Å²) in [7, 11) is 0. The molecule has 0 spiro atoms. The topological polar surface area (TPSA) is 67.9 Å². The number of para-hydroxylation sites is 1. The third-order valence-electron chi connectivity index (χ3n) is 6.19. The highest BCUT2D eigenvalue weighted by Gasteiger charge is 2.22. The molecule has 0 bridgehead atoms. The van der Waals surface area contributed by atoms with Gasteiger partial charge in [-0.25, -0.2) is 4.79 Å². The van der Waals surface area contributed by atoms with E-state index in [0.717, 1.165) is 73.3 Å². The fraction of sp³-hybridized carbons (Fsp3) is 0.310. The highest BCUT2D eigenvalue weighted by Crippen LogP contribution is 2.28. The minimum atomic E-state index is -0.403. The number of hydrogen-bond donors (Lipinski definition) is 1. The summed E-state index contributed by atoms with van der Waals surface area (Å²) in [5, 5.41) is 2.93. The summed E-state index contributed by atoms with van der Waals surface area (Å²) < 4.78 is 11.5. The number of hydrogen-bond acceptors (Lipinski definition) is 5. The zero-order valence-electron chi connectivity index (χ0n) is 19.9. The van der Waals surface area contributed by atoms with Crippen LogP contribution in [0.1, 0.15) is 24.8 Å². The summed E-state index contributed by atoms with van der Waals surface area (Å²) in [4.78, 5) is 25.5. The van der Waals surface area contributed by atoms with Gasteiger partial charge in [0.1, 0.15) is 18.1 Å². The SMILES string of the molecule is O=CCc1ccc(OCCCN2CCC(OC(=O)Nc3ccccc3-c3ccccc3)CC2)cc1. The molecule has 0 saturated carbocycles. The van der Waals surface area contributed by atoms with Gasteiger partial charge in [0.05, 0.1) is 12.3 Å². The average molecular weight is 473 g/mol. The van der Waals surface area contributed by atoms with Crippen molar-refractivity contribution < 1.29 is 19.1 Å². The molecule has 0 aliphatic carbocycles. The van der Waals surface area contributed by atoms with E-state index in [1.807, 2.05) is 78.9 Å². The van der Waals surface area contributed by atoms with Crippen molar-refractivity contribution in [3.05, 3.63) is 84.4 Å². The van der Waals surface area contributed by atoms with Crippen molar-refractivity contribution >= 4 is 18.1 Å². The van der Waals surface area contributed by atoms with Crippen LogP contribution in [0, 0.1) is 0 Å². The molecule has 0 unspecified atom stereocenters. The molecular weight excluding hydrogens is 440 g/mol. The maximum absolute atomic E-state index is 12.6. The molecule has 1 amide bonds. The van der Waals surface area contributed by atoms with Crippen molar-refractivity contribution in [1.29, 1.82) is 0 Å². The summed E-state index contributed by atoms with van der Waals surface area (Å²) in [6.07, 6.45) is 3.44. The summed E-state index contributed by atoms with van der Waals surface area (Å²) in [6.45, 7) is 3.40. The van der Waals surface area contributed by atoms with Crippen molar-refractivity contribution in [3.63, 3.8) is 0 Å². The number of aldehydes is 1. The third kappa shape index (κ3) is 7.42. The normalized spacial score (nSPS) is 14.3. The lowest BCUT2D eigenvalue weighted by Gasteiger charge is -2.31. The monoisotopic (exact) mass is 472 g/mol. The minimum absolute atomic E-state index is 0.0729. The highest BCUT2D eigenvalue weighted by molar-refractivity contribution is 5.91. The number of ether oxygens (including phenoxy) is 2. The second-order valence-corrected chi connectivity index (χ2v) is 8.70. The molecule has 0 aromatic heterocycles. The number of rotatable bonds is 10. The molecule has 3 aromatic carbocycles. The molecule has 3 aromatic rings. The van der Waals surface area contributed by atoms with Crippen LogP contribution in [-0.4, -0.2) is 49.6 Å². The number of anilines is 1. The van der Waals surface area contributed by atoms with Gasteiger partial charge in [-0.1, -0.05) is 60.7 Å². The lowest BCUT2D eigenvalue weighted by atomic mass is 10.0. The first-order valence-electron chi connectivity index (χ1n) is 12.2. The van der Waals surface area contributed by atoms with Gasteiger partial charge in [-0.15, -0.1) is 0 Å². The van der Waals surface area contributed by atoms with Crippen LogP contribution < -0.4 is 10.1 Å². The van der Waals surface area contributed by atoms with Crippen LogP contribution in [-0.2, 0) is 16.0 Å². The first-order valence-corrected chi connectivity index (χ1v) is 12.2. The molecule has 6 nitrogen and oxygen atoms in total. The Morgan fingerprint density at radius 1 is 0.943 bits per heavy atom. The number of likely N-dealkylation sites (tertiary alicyclic amines) is 1. The van der Waals surface area contributed by atoms with Gasteiger partial charge in [0.25, 0.3) is 0 Å². The van der Waals surface area contributed by atoms with E-state index in [0.29, 0.717) is 13.0 Å². The van der Waals surface area contributed by atoms with Gasteiger partial charge in [-0.3, -0.25) is 5.32 Å². The van der Waals surface area contributed by atoms with Gasteiger partial charge in [-0.2, -0.15) is 0 Å². The van der Waals surface area contributed by atoms with Crippen LogP contribution >= 0.6 is 0 Å². The number of carbonyl (C=O) groups excluding carboxylic acids is 2. The quantitative estimate of drug-likeness (QED) is 0.308. The zero-order chi connectivity index (χ0) is 24.3. The standard InChI is InChI=1S/C29H32N2O4/c32-21-17-23-11-13-25(14-12-23)34-22-6-18-31-19-15-26(16-20-31)35-29(33)30-28-10-5-4-9-27(28)24-7-2-1-3-8-24/h1-5,7-14,21,26H,6,15-20,22H2,(H,30,33). The zero-order valence-corrected chi connectivity index (χ0v) is 19.9. The molecule has 1 N–H and O–H groups in total. The van der Waals surface area contributed by atoms with E-state index >= 15 is 0 Å². The van der Waals surface area contributed by atoms with E-state index in [-0.39, 0.29) is 6.10 Å². The maximum atomic E-state index is 12.6. The van der Waals surface area contributed by atoms with Gasteiger partial charge < -0.3 is 19.2 Å². The predicted octanol–water partition coefficient (Wildman–Crippen LogP) is 5.58. The van der Waals surface area contributed by atoms with Crippen LogP contribution in [0.15, 0.2) is 78.9 Å². The smallest absolute Gasteiger partial charge is 0.411 e. The Bertz CT molecular complexity index is 1080. The van der Waals surface area contributed by atoms with Crippen molar-refractivity contribution in [2.24, 2.45) is 0 Å². The highest BCUT2D eigenvalue weighted by atomic mass is 16.6. The lowest BCUT2D eigenvalue weighted by Crippen LogP contribution is -2.39. The van der Waals surface area contributed by atoms with Crippen molar-refractivity contribution in [1.82, 2.24) is 4.90 Å². The minimum Gasteiger partial charge on any atom is -0.494 e. The van der Waals surface area contributed by atoms with E-state index in [4.69, 9.17) is 9.47 Å². The van der Waals surface area contributed by atoms with E-state index in [9.17, 15) is 9.59 Å². The fourth-order valence-corrected chi connectivity index (χ4v) is 4.30. The van der Waals surface area contributed by atoms with Crippen LogP contribution in [0.4, 0.5) is 10.5 Å². The van der Waals surface area contributed by atoms with E-state index in [2.05, 4.69) is 10.2 Å². The number of carbonyl (C=O) groups is 2.